The van der Waals surface area contributed by atoms with Crippen molar-refractivity contribution in [3.8, 4) is 17.6 Å². The minimum absolute atomic E-state index is 0.131. The standard InChI is InChI=1S/C18H13FN2O4/c1-24-16-9-11(8-13(10-20)17(21)22)2-7-15(16)25-18(23)12-3-5-14(19)6-4-12/h2-9H,1H3,(H2,21,22)/b13-8+. The zero-order valence-electron chi connectivity index (χ0n) is 13.2. The topological polar surface area (TPSA) is 102 Å². The molecule has 1 amide bonds. The van der Waals surface area contributed by atoms with Crippen LogP contribution in [0.3, 0.4) is 0 Å². The van der Waals surface area contributed by atoms with Gasteiger partial charge in [0.25, 0.3) is 5.91 Å². The van der Waals surface area contributed by atoms with Crippen molar-refractivity contribution in [2.45, 2.75) is 0 Å². The van der Waals surface area contributed by atoms with Crippen molar-refractivity contribution < 1.29 is 23.5 Å². The van der Waals surface area contributed by atoms with Crippen LogP contribution in [0.25, 0.3) is 6.08 Å². The third kappa shape index (κ3) is 4.42. The lowest BCUT2D eigenvalue weighted by molar-refractivity contribution is -0.114. The molecule has 0 saturated heterocycles. The Morgan fingerprint density at radius 2 is 1.84 bits per heavy atom. The summed E-state index contributed by atoms with van der Waals surface area (Å²) in [6.45, 7) is 0. The van der Waals surface area contributed by atoms with Crippen LogP contribution in [-0.4, -0.2) is 19.0 Å². The molecule has 25 heavy (non-hydrogen) atoms. The van der Waals surface area contributed by atoms with Crippen LogP contribution < -0.4 is 15.2 Å². The molecule has 0 spiro atoms. The van der Waals surface area contributed by atoms with Crippen molar-refractivity contribution in [3.63, 3.8) is 0 Å². The first-order chi connectivity index (χ1) is 11.9. The molecule has 0 heterocycles. The second kappa shape index (κ2) is 7.75. The third-order valence-corrected chi connectivity index (χ3v) is 3.17. The summed E-state index contributed by atoms with van der Waals surface area (Å²) < 4.78 is 23.3. The van der Waals surface area contributed by atoms with E-state index in [2.05, 4.69) is 0 Å². The average Bonchev–Trinajstić information content (AvgIpc) is 2.60. The molecule has 6 nitrogen and oxygen atoms in total. The largest absolute Gasteiger partial charge is 0.493 e. The molecule has 0 aliphatic rings. The molecule has 0 aromatic heterocycles. The molecule has 2 aromatic rings. The maximum absolute atomic E-state index is 12.9. The van der Waals surface area contributed by atoms with Crippen molar-refractivity contribution in [1.29, 1.82) is 5.26 Å². The summed E-state index contributed by atoms with van der Waals surface area (Å²) in [7, 11) is 1.37. The number of halogens is 1. The van der Waals surface area contributed by atoms with Crippen LogP contribution in [0.4, 0.5) is 4.39 Å². The van der Waals surface area contributed by atoms with Gasteiger partial charge in [-0.1, -0.05) is 6.07 Å². The number of nitrogens with zero attached hydrogens (tertiary/aromatic N) is 1. The Kier molecular flexibility index (Phi) is 5.48. The van der Waals surface area contributed by atoms with Gasteiger partial charge in [-0.25, -0.2) is 9.18 Å². The molecular weight excluding hydrogens is 327 g/mol. The summed E-state index contributed by atoms with van der Waals surface area (Å²) in [5.41, 5.74) is 5.50. The zero-order valence-corrected chi connectivity index (χ0v) is 13.2. The predicted octanol–water partition coefficient (Wildman–Crippen LogP) is 2.45. The average molecular weight is 340 g/mol. The van der Waals surface area contributed by atoms with Gasteiger partial charge < -0.3 is 15.2 Å². The van der Waals surface area contributed by atoms with Gasteiger partial charge in [0, 0.05) is 0 Å². The fraction of sp³-hybridized carbons (Fsp3) is 0.0556. The van der Waals surface area contributed by atoms with Crippen molar-refractivity contribution in [2.24, 2.45) is 5.73 Å². The van der Waals surface area contributed by atoms with E-state index in [1.807, 2.05) is 0 Å². The van der Waals surface area contributed by atoms with Crippen molar-refractivity contribution in [1.82, 2.24) is 0 Å². The Morgan fingerprint density at radius 1 is 1.16 bits per heavy atom. The second-order valence-corrected chi connectivity index (χ2v) is 4.84. The molecular formula is C18H13FN2O4. The minimum atomic E-state index is -0.853. The van der Waals surface area contributed by atoms with Crippen molar-refractivity contribution in [3.05, 3.63) is 65.0 Å². The highest BCUT2D eigenvalue weighted by molar-refractivity contribution is 6.00. The molecule has 7 heteroatoms. The fourth-order valence-electron chi connectivity index (χ4n) is 1.93. The molecule has 0 unspecified atom stereocenters. The first-order valence-corrected chi connectivity index (χ1v) is 7.02. The number of benzene rings is 2. The van der Waals surface area contributed by atoms with Gasteiger partial charge in [-0.05, 0) is 48.0 Å². The van der Waals surface area contributed by atoms with E-state index in [4.69, 9.17) is 20.5 Å². The van der Waals surface area contributed by atoms with E-state index in [0.717, 1.165) is 12.1 Å². The summed E-state index contributed by atoms with van der Waals surface area (Å²) in [5.74, 6) is -1.66. The molecule has 0 aliphatic carbocycles. The Labute approximate surface area is 142 Å². The molecule has 0 bridgehead atoms. The van der Waals surface area contributed by atoms with Crippen molar-refractivity contribution >= 4 is 18.0 Å². The molecule has 0 atom stereocenters. The Bertz CT molecular complexity index is 883. The van der Waals surface area contributed by atoms with Gasteiger partial charge in [-0.3, -0.25) is 4.79 Å². The fourth-order valence-corrected chi connectivity index (χ4v) is 1.93. The van der Waals surface area contributed by atoms with E-state index in [-0.39, 0.29) is 22.6 Å². The van der Waals surface area contributed by atoms with E-state index >= 15 is 0 Å². The highest BCUT2D eigenvalue weighted by Crippen LogP contribution is 2.29. The number of hydrogen-bond donors (Lipinski definition) is 1. The number of esters is 1. The number of carbonyl (C=O) groups is 2. The van der Waals surface area contributed by atoms with Crippen molar-refractivity contribution in [2.75, 3.05) is 7.11 Å². The van der Waals surface area contributed by atoms with Gasteiger partial charge in [-0.2, -0.15) is 5.26 Å². The number of amides is 1. The van der Waals surface area contributed by atoms with Gasteiger partial charge in [0.15, 0.2) is 11.5 Å². The maximum atomic E-state index is 12.9. The van der Waals surface area contributed by atoms with Crippen LogP contribution in [0.1, 0.15) is 15.9 Å². The number of ether oxygens (including phenoxy) is 2. The quantitative estimate of drug-likeness (QED) is 0.390. The van der Waals surface area contributed by atoms with E-state index in [1.165, 1.54) is 43.5 Å². The number of nitrogens with two attached hydrogens (primary N) is 1. The lowest BCUT2D eigenvalue weighted by Crippen LogP contribution is -2.12. The molecule has 126 valence electrons. The van der Waals surface area contributed by atoms with Gasteiger partial charge in [-0.15, -0.1) is 0 Å². The van der Waals surface area contributed by atoms with Gasteiger partial charge in [0.05, 0.1) is 12.7 Å². The Balaban J connectivity index is 2.28. The lowest BCUT2D eigenvalue weighted by atomic mass is 10.1. The first-order valence-electron chi connectivity index (χ1n) is 7.02. The molecule has 2 rings (SSSR count). The summed E-state index contributed by atoms with van der Waals surface area (Å²) in [4.78, 5) is 23.2. The minimum Gasteiger partial charge on any atom is -0.493 e. The highest BCUT2D eigenvalue weighted by Gasteiger charge is 2.13. The van der Waals surface area contributed by atoms with E-state index in [1.54, 1.807) is 6.07 Å². The zero-order chi connectivity index (χ0) is 18.4. The highest BCUT2D eigenvalue weighted by atomic mass is 19.1. The van der Waals surface area contributed by atoms with E-state index in [0.29, 0.717) is 5.56 Å². The number of nitriles is 1. The van der Waals surface area contributed by atoms with Gasteiger partial charge >= 0.3 is 5.97 Å². The molecule has 0 fully saturated rings. The predicted molar refractivity (Wildman–Crippen MR) is 87.1 cm³/mol. The maximum Gasteiger partial charge on any atom is 0.343 e. The third-order valence-electron chi connectivity index (χ3n) is 3.17. The van der Waals surface area contributed by atoms with Gasteiger partial charge in [0.1, 0.15) is 17.5 Å². The molecule has 2 N–H and O–H groups in total. The summed E-state index contributed by atoms with van der Waals surface area (Å²) in [6, 6.07) is 11.0. The molecule has 2 aromatic carbocycles. The first kappa shape index (κ1) is 17.7. The smallest absolute Gasteiger partial charge is 0.343 e. The van der Waals surface area contributed by atoms with Crippen LogP contribution in [0.2, 0.25) is 0 Å². The normalized spacial score (nSPS) is 10.7. The SMILES string of the molecule is COc1cc(/C=C(\C#N)C(N)=O)ccc1OC(=O)c1ccc(F)cc1. The summed E-state index contributed by atoms with van der Waals surface area (Å²) in [6.07, 6.45) is 1.29. The number of methoxy groups -OCH3 is 1. The molecule has 0 saturated carbocycles. The van der Waals surface area contributed by atoms with Crippen LogP contribution in [-0.2, 0) is 4.79 Å². The molecule has 0 radical (unpaired) electrons. The number of hydrogen-bond acceptors (Lipinski definition) is 5. The Hall–Kier alpha value is -3.66. The van der Waals surface area contributed by atoms with Gasteiger partial charge in [0.2, 0.25) is 0 Å². The van der Waals surface area contributed by atoms with Crippen LogP contribution in [0, 0.1) is 17.1 Å². The van der Waals surface area contributed by atoms with E-state index < -0.39 is 17.7 Å². The van der Waals surface area contributed by atoms with E-state index in [9.17, 15) is 14.0 Å². The lowest BCUT2D eigenvalue weighted by Gasteiger charge is -2.10. The number of carbonyl (C=O) groups excluding carboxylic acids is 2. The summed E-state index contributed by atoms with van der Waals surface area (Å²) in [5, 5.41) is 8.86. The number of rotatable bonds is 5. The second-order valence-electron chi connectivity index (χ2n) is 4.84. The van der Waals surface area contributed by atoms with Crippen LogP contribution >= 0.6 is 0 Å². The number of primary amides is 1. The summed E-state index contributed by atoms with van der Waals surface area (Å²) >= 11 is 0. The molecule has 0 aliphatic heterocycles. The monoisotopic (exact) mass is 340 g/mol. The van der Waals surface area contributed by atoms with Crippen LogP contribution in [0.15, 0.2) is 48.0 Å². The Morgan fingerprint density at radius 3 is 2.40 bits per heavy atom. The van der Waals surface area contributed by atoms with Crippen LogP contribution in [0.5, 0.6) is 11.5 Å².